The van der Waals surface area contributed by atoms with Crippen LogP contribution in [0.2, 0.25) is 0 Å². The van der Waals surface area contributed by atoms with Gasteiger partial charge in [-0.3, -0.25) is 4.79 Å². The van der Waals surface area contributed by atoms with Gasteiger partial charge in [-0.25, -0.2) is 0 Å². The number of nitrogens with zero attached hydrogens (tertiary/aromatic N) is 1. The van der Waals surface area contributed by atoms with Crippen molar-refractivity contribution < 1.29 is 4.79 Å². The molecule has 0 aromatic carbocycles. The molecule has 0 radical (unpaired) electrons. The van der Waals surface area contributed by atoms with Gasteiger partial charge < -0.3 is 10.2 Å². The molecule has 0 aliphatic carbocycles. The molecule has 1 atom stereocenters. The van der Waals surface area contributed by atoms with Crippen LogP contribution in [0.1, 0.15) is 52.9 Å². The lowest BCUT2D eigenvalue weighted by atomic mass is 9.85. The van der Waals surface area contributed by atoms with Crippen molar-refractivity contribution in [2.45, 2.75) is 58.9 Å². The second-order valence-electron chi connectivity index (χ2n) is 6.53. The van der Waals surface area contributed by atoms with Crippen LogP contribution in [-0.4, -0.2) is 36.5 Å². The van der Waals surface area contributed by atoms with Crippen molar-refractivity contribution in [1.82, 2.24) is 10.2 Å². The summed E-state index contributed by atoms with van der Waals surface area (Å²) in [6.45, 7) is 9.53. The molecule has 2 rings (SSSR count). The summed E-state index contributed by atoms with van der Waals surface area (Å²) in [5, 5.41) is 3.42. The molecule has 18 heavy (non-hydrogen) atoms. The van der Waals surface area contributed by atoms with Crippen molar-refractivity contribution in [3.63, 3.8) is 0 Å². The summed E-state index contributed by atoms with van der Waals surface area (Å²) in [6, 6.07) is 0.519. The standard InChI is InChI=1S/C15H28N2O/c1-4-15(2,3)14(18)17-11-5-6-13(17)12-7-9-16-10-8-12/h12-13,16H,4-11H2,1-3H3. The van der Waals surface area contributed by atoms with Gasteiger partial charge in [0.25, 0.3) is 0 Å². The third-order valence-corrected chi connectivity index (χ3v) is 4.95. The quantitative estimate of drug-likeness (QED) is 0.836. The van der Waals surface area contributed by atoms with Gasteiger partial charge in [-0.05, 0) is 51.1 Å². The lowest BCUT2D eigenvalue weighted by Gasteiger charge is -2.38. The van der Waals surface area contributed by atoms with Crippen molar-refractivity contribution in [2.24, 2.45) is 11.3 Å². The van der Waals surface area contributed by atoms with Gasteiger partial charge in [0.15, 0.2) is 0 Å². The van der Waals surface area contributed by atoms with E-state index < -0.39 is 0 Å². The first-order chi connectivity index (χ1) is 8.56. The average molecular weight is 252 g/mol. The van der Waals surface area contributed by atoms with E-state index in [0.29, 0.717) is 11.9 Å². The third-order valence-electron chi connectivity index (χ3n) is 4.95. The van der Waals surface area contributed by atoms with Crippen LogP contribution < -0.4 is 5.32 Å². The second kappa shape index (κ2) is 5.60. The Balaban J connectivity index is 2.04. The fourth-order valence-corrected chi connectivity index (χ4v) is 3.30. The van der Waals surface area contributed by atoms with Crippen LogP contribution in [0.5, 0.6) is 0 Å². The molecule has 0 aromatic heterocycles. The van der Waals surface area contributed by atoms with E-state index in [4.69, 9.17) is 0 Å². The molecule has 2 fully saturated rings. The molecule has 1 N–H and O–H groups in total. The largest absolute Gasteiger partial charge is 0.339 e. The van der Waals surface area contributed by atoms with Crippen molar-refractivity contribution in [3.8, 4) is 0 Å². The topological polar surface area (TPSA) is 32.3 Å². The Hall–Kier alpha value is -0.570. The molecule has 1 unspecified atom stereocenters. The first kappa shape index (κ1) is 13.9. The van der Waals surface area contributed by atoms with Gasteiger partial charge in [-0.1, -0.05) is 20.8 Å². The Morgan fingerprint density at radius 2 is 1.94 bits per heavy atom. The molecule has 2 aliphatic rings. The second-order valence-corrected chi connectivity index (χ2v) is 6.53. The maximum absolute atomic E-state index is 12.7. The molecule has 0 saturated carbocycles. The van der Waals surface area contributed by atoms with Crippen molar-refractivity contribution in [1.29, 1.82) is 0 Å². The number of hydrogen-bond donors (Lipinski definition) is 1. The van der Waals surface area contributed by atoms with Crippen LogP contribution in [0.3, 0.4) is 0 Å². The van der Waals surface area contributed by atoms with Crippen LogP contribution in [-0.2, 0) is 4.79 Å². The maximum Gasteiger partial charge on any atom is 0.228 e. The summed E-state index contributed by atoms with van der Waals surface area (Å²) in [7, 11) is 0. The number of piperidine rings is 1. The van der Waals surface area contributed by atoms with Gasteiger partial charge >= 0.3 is 0 Å². The zero-order valence-electron chi connectivity index (χ0n) is 12.2. The molecule has 0 bridgehead atoms. The van der Waals surface area contributed by atoms with Gasteiger partial charge in [-0.15, -0.1) is 0 Å². The Labute approximate surface area is 111 Å². The minimum atomic E-state index is -0.185. The van der Waals surface area contributed by atoms with Gasteiger partial charge in [0.2, 0.25) is 5.91 Å². The fourth-order valence-electron chi connectivity index (χ4n) is 3.30. The summed E-state index contributed by atoms with van der Waals surface area (Å²) in [5.74, 6) is 1.11. The summed E-state index contributed by atoms with van der Waals surface area (Å²) in [4.78, 5) is 14.9. The number of carbonyl (C=O) groups excluding carboxylic acids is 1. The van der Waals surface area contributed by atoms with E-state index in [-0.39, 0.29) is 5.41 Å². The molecule has 3 nitrogen and oxygen atoms in total. The highest BCUT2D eigenvalue weighted by Crippen LogP contribution is 2.33. The van der Waals surface area contributed by atoms with E-state index in [2.05, 4.69) is 31.0 Å². The van der Waals surface area contributed by atoms with E-state index in [1.54, 1.807) is 0 Å². The minimum Gasteiger partial charge on any atom is -0.339 e. The van der Waals surface area contributed by atoms with E-state index in [1.807, 2.05) is 0 Å². The monoisotopic (exact) mass is 252 g/mol. The van der Waals surface area contributed by atoms with Crippen LogP contribution in [0.4, 0.5) is 0 Å². The molecule has 2 aliphatic heterocycles. The van der Waals surface area contributed by atoms with Crippen molar-refractivity contribution >= 4 is 5.91 Å². The number of rotatable bonds is 3. The number of likely N-dealkylation sites (tertiary alicyclic amines) is 1. The Bertz CT molecular complexity index is 295. The Morgan fingerprint density at radius 1 is 1.28 bits per heavy atom. The SMILES string of the molecule is CCC(C)(C)C(=O)N1CCCC1C1CCNCC1. The van der Waals surface area contributed by atoms with E-state index in [9.17, 15) is 4.79 Å². The minimum absolute atomic E-state index is 0.185. The van der Waals surface area contributed by atoms with Crippen molar-refractivity contribution in [3.05, 3.63) is 0 Å². The summed E-state index contributed by atoms with van der Waals surface area (Å²) >= 11 is 0. The summed E-state index contributed by atoms with van der Waals surface area (Å²) in [6.07, 6.45) is 5.82. The Morgan fingerprint density at radius 3 is 2.56 bits per heavy atom. The number of amides is 1. The Kier molecular flexibility index (Phi) is 4.31. The first-order valence-electron chi connectivity index (χ1n) is 7.58. The highest BCUT2D eigenvalue weighted by molar-refractivity contribution is 5.82. The lowest BCUT2D eigenvalue weighted by Crippen LogP contribution is -2.48. The molecule has 104 valence electrons. The average Bonchev–Trinajstić information content (AvgIpc) is 2.87. The maximum atomic E-state index is 12.7. The van der Waals surface area contributed by atoms with Gasteiger partial charge in [-0.2, -0.15) is 0 Å². The predicted molar refractivity (Wildman–Crippen MR) is 74.4 cm³/mol. The number of carbonyl (C=O) groups is 1. The molecule has 0 aromatic rings. The molecule has 3 heteroatoms. The van der Waals surface area contributed by atoms with Crippen LogP contribution in [0, 0.1) is 11.3 Å². The molecular formula is C15H28N2O. The zero-order chi connectivity index (χ0) is 13.2. The normalized spacial score (nSPS) is 26.6. The smallest absolute Gasteiger partial charge is 0.228 e. The zero-order valence-corrected chi connectivity index (χ0v) is 12.2. The fraction of sp³-hybridized carbons (Fsp3) is 0.933. The predicted octanol–water partition coefficient (Wildman–Crippen LogP) is 2.41. The number of nitrogens with one attached hydrogen (secondary N) is 1. The van der Waals surface area contributed by atoms with E-state index in [1.165, 1.54) is 25.7 Å². The highest BCUT2D eigenvalue weighted by atomic mass is 16.2. The molecule has 2 saturated heterocycles. The first-order valence-corrected chi connectivity index (χ1v) is 7.58. The molecular weight excluding hydrogens is 224 g/mol. The molecule has 1 amide bonds. The number of hydrogen-bond acceptors (Lipinski definition) is 2. The van der Waals surface area contributed by atoms with Crippen LogP contribution in [0.25, 0.3) is 0 Å². The van der Waals surface area contributed by atoms with Gasteiger partial charge in [0.1, 0.15) is 0 Å². The van der Waals surface area contributed by atoms with Gasteiger partial charge in [0, 0.05) is 18.0 Å². The summed E-state index contributed by atoms with van der Waals surface area (Å²) in [5.41, 5.74) is -0.185. The van der Waals surface area contributed by atoms with E-state index in [0.717, 1.165) is 32.0 Å². The molecule has 2 heterocycles. The summed E-state index contributed by atoms with van der Waals surface area (Å²) < 4.78 is 0. The van der Waals surface area contributed by atoms with E-state index >= 15 is 0 Å². The van der Waals surface area contributed by atoms with Crippen LogP contribution >= 0.6 is 0 Å². The van der Waals surface area contributed by atoms with Crippen molar-refractivity contribution in [2.75, 3.05) is 19.6 Å². The molecule has 0 spiro atoms. The lowest BCUT2D eigenvalue weighted by molar-refractivity contribution is -0.142. The van der Waals surface area contributed by atoms with Crippen LogP contribution in [0.15, 0.2) is 0 Å². The third kappa shape index (κ3) is 2.71. The van der Waals surface area contributed by atoms with Gasteiger partial charge in [0.05, 0.1) is 0 Å². The highest BCUT2D eigenvalue weighted by Gasteiger charge is 2.39.